The van der Waals surface area contributed by atoms with E-state index in [1.54, 1.807) is 6.07 Å². The van der Waals surface area contributed by atoms with Gasteiger partial charge in [0.15, 0.2) is 5.43 Å². The number of pyridine rings is 1. The maximum atomic E-state index is 13.2. The van der Waals surface area contributed by atoms with Crippen molar-refractivity contribution in [3.63, 3.8) is 0 Å². The van der Waals surface area contributed by atoms with Gasteiger partial charge in [0.05, 0.1) is 6.61 Å². The Labute approximate surface area is 146 Å². The van der Waals surface area contributed by atoms with Crippen LogP contribution < -0.4 is 10.7 Å². The average Bonchev–Trinajstić information content (AvgIpc) is 2.62. The summed E-state index contributed by atoms with van der Waals surface area (Å²) in [5.74, 6) is -0.400. The van der Waals surface area contributed by atoms with Gasteiger partial charge < -0.3 is 15.4 Å². The van der Waals surface area contributed by atoms with Crippen LogP contribution in [-0.2, 0) is 6.54 Å². The number of likely N-dealkylation sites (tertiary alicyclic amines) is 1. The summed E-state index contributed by atoms with van der Waals surface area (Å²) in [6.45, 7) is 3.71. The molecule has 6 heteroatoms. The number of aromatic nitrogens is 1. The number of rotatable bonds is 7. The van der Waals surface area contributed by atoms with Gasteiger partial charge >= 0.3 is 0 Å². The first-order valence-corrected chi connectivity index (χ1v) is 9.04. The number of hydrogen-bond donors (Lipinski definition) is 3. The zero-order chi connectivity index (χ0) is 17.6. The highest BCUT2D eigenvalue weighted by atomic mass is 19.1. The van der Waals surface area contributed by atoms with Crippen molar-refractivity contribution in [1.29, 1.82) is 0 Å². The molecule has 0 aliphatic carbocycles. The van der Waals surface area contributed by atoms with E-state index < -0.39 is 5.82 Å². The summed E-state index contributed by atoms with van der Waals surface area (Å²) in [4.78, 5) is 17.6. The molecule has 0 radical (unpaired) electrons. The van der Waals surface area contributed by atoms with E-state index in [0.717, 1.165) is 38.2 Å². The summed E-state index contributed by atoms with van der Waals surface area (Å²) in [6.07, 6.45) is 4.50. The Balaban J connectivity index is 1.48. The van der Waals surface area contributed by atoms with Crippen LogP contribution in [0.1, 0.15) is 31.4 Å². The van der Waals surface area contributed by atoms with E-state index >= 15 is 0 Å². The first kappa shape index (κ1) is 18.0. The third-order valence-corrected chi connectivity index (χ3v) is 4.92. The molecule has 0 saturated carbocycles. The number of benzene rings is 1. The highest BCUT2D eigenvalue weighted by molar-refractivity contribution is 5.78. The summed E-state index contributed by atoms with van der Waals surface area (Å²) < 4.78 is 13.2. The number of halogens is 1. The van der Waals surface area contributed by atoms with Gasteiger partial charge in [-0.2, -0.15) is 0 Å². The van der Waals surface area contributed by atoms with Crippen LogP contribution in [-0.4, -0.2) is 47.3 Å². The average molecular weight is 347 g/mol. The predicted octanol–water partition coefficient (Wildman–Crippen LogP) is 1.99. The molecule has 1 atom stereocenters. The van der Waals surface area contributed by atoms with Crippen molar-refractivity contribution >= 4 is 10.9 Å². The molecule has 5 nitrogen and oxygen atoms in total. The number of fused-ring (bicyclic) bond motifs is 1. The molecule has 0 spiro atoms. The van der Waals surface area contributed by atoms with Crippen molar-refractivity contribution in [3.05, 3.63) is 46.0 Å². The molecule has 136 valence electrons. The molecule has 0 bridgehead atoms. The van der Waals surface area contributed by atoms with Crippen molar-refractivity contribution in [2.45, 2.75) is 38.3 Å². The summed E-state index contributed by atoms with van der Waals surface area (Å²) >= 11 is 0. The van der Waals surface area contributed by atoms with Crippen LogP contribution in [0.4, 0.5) is 4.39 Å². The maximum absolute atomic E-state index is 13.2. The number of hydrogen-bond acceptors (Lipinski definition) is 4. The Morgan fingerprint density at radius 3 is 3.04 bits per heavy atom. The first-order valence-electron chi connectivity index (χ1n) is 9.04. The van der Waals surface area contributed by atoms with Gasteiger partial charge in [0.1, 0.15) is 5.82 Å². The Hall–Kier alpha value is -1.76. The molecule has 1 saturated heterocycles. The lowest BCUT2D eigenvalue weighted by Gasteiger charge is -2.34. The first-order chi connectivity index (χ1) is 12.2. The number of nitrogens with zero attached hydrogens (tertiary/aromatic N) is 1. The lowest BCUT2D eigenvalue weighted by atomic mass is 10.0. The smallest absolute Gasteiger partial charge is 0.189 e. The number of piperidine rings is 1. The van der Waals surface area contributed by atoms with Crippen molar-refractivity contribution in [2.24, 2.45) is 0 Å². The van der Waals surface area contributed by atoms with Gasteiger partial charge in [-0.3, -0.25) is 9.69 Å². The standard InChI is InChI=1S/C19H26FN3O2/c20-14-5-6-18-17(10-14)19(25)11-15(22-18)12-21-7-3-9-23-8-2-1-4-16(23)13-24/h5-6,10-11,16,21,24H,1-4,7-9,12-13H2,(H,22,25)/t16-/m0/s1. The van der Waals surface area contributed by atoms with Gasteiger partial charge in [0, 0.05) is 35.2 Å². The molecule has 25 heavy (non-hydrogen) atoms. The topological polar surface area (TPSA) is 68.4 Å². The van der Waals surface area contributed by atoms with Crippen LogP contribution in [0.5, 0.6) is 0 Å². The van der Waals surface area contributed by atoms with E-state index in [0.29, 0.717) is 23.5 Å². The summed E-state index contributed by atoms with van der Waals surface area (Å²) in [6, 6.07) is 6.06. The minimum atomic E-state index is -0.400. The van der Waals surface area contributed by atoms with Crippen molar-refractivity contribution in [2.75, 3.05) is 26.2 Å². The zero-order valence-corrected chi connectivity index (χ0v) is 14.4. The molecule has 0 amide bonds. The van der Waals surface area contributed by atoms with Crippen LogP contribution in [0.3, 0.4) is 0 Å². The summed E-state index contributed by atoms with van der Waals surface area (Å²) in [7, 11) is 0. The molecule has 3 rings (SSSR count). The Morgan fingerprint density at radius 2 is 2.20 bits per heavy atom. The van der Waals surface area contributed by atoms with E-state index in [4.69, 9.17) is 0 Å². The fourth-order valence-corrected chi connectivity index (χ4v) is 3.56. The number of aromatic amines is 1. The van der Waals surface area contributed by atoms with Crippen molar-refractivity contribution in [1.82, 2.24) is 15.2 Å². The lowest BCUT2D eigenvalue weighted by molar-refractivity contribution is 0.0892. The Morgan fingerprint density at radius 1 is 1.32 bits per heavy atom. The van der Waals surface area contributed by atoms with Crippen molar-refractivity contribution in [3.8, 4) is 0 Å². The Bertz CT molecular complexity index is 762. The second kappa shape index (κ2) is 8.56. The number of aliphatic hydroxyl groups excluding tert-OH is 1. The predicted molar refractivity (Wildman–Crippen MR) is 97.1 cm³/mol. The fourth-order valence-electron chi connectivity index (χ4n) is 3.56. The molecular weight excluding hydrogens is 321 g/mol. The van der Waals surface area contributed by atoms with Crippen LogP contribution >= 0.6 is 0 Å². The highest BCUT2D eigenvalue weighted by Gasteiger charge is 2.20. The van der Waals surface area contributed by atoms with Crippen LogP contribution in [0.15, 0.2) is 29.1 Å². The molecule has 1 aromatic heterocycles. The Kier molecular flexibility index (Phi) is 6.18. The number of nitrogens with one attached hydrogen (secondary N) is 2. The van der Waals surface area contributed by atoms with Gasteiger partial charge in [-0.25, -0.2) is 4.39 Å². The lowest BCUT2D eigenvalue weighted by Crippen LogP contribution is -2.42. The number of H-pyrrole nitrogens is 1. The minimum Gasteiger partial charge on any atom is -0.395 e. The van der Waals surface area contributed by atoms with Crippen LogP contribution in [0.25, 0.3) is 10.9 Å². The normalized spacial score (nSPS) is 18.7. The van der Waals surface area contributed by atoms with Gasteiger partial charge in [-0.15, -0.1) is 0 Å². The second-order valence-electron chi connectivity index (χ2n) is 6.75. The molecule has 1 aliphatic rings. The van der Waals surface area contributed by atoms with E-state index in [2.05, 4.69) is 15.2 Å². The molecule has 3 N–H and O–H groups in total. The largest absolute Gasteiger partial charge is 0.395 e. The number of aliphatic hydroxyl groups is 1. The molecular formula is C19H26FN3O2. The van der Waals surface area contributed by atoms with Gasteiger partial charge in [-0.1, -0.05) is 6.42 Å². The fraction of sp³-hybridized carbons (Fsp3) is 0.526. The SMILES string of the molecule is O=c1cc(CNCCCN2CCCC[C@H]2CO)[nH]c2ccc(F)cc12. The third kappa shape index (κ3) is 4.66. The third-order valence-electron chi connectivity index (χ3n) is 4.92. The molecule has 0 unspecified atom stereocenters. The maximum Gasteiger partial charge on any atom is 0.189 e. The zero-order valence-electron chi connectivity index (χ0n) is 14.4. The van der Waals surface area contributed by atoms with Gasteiger partial charge in [-0.05, 0) is 57.1 Å². The van der Waals surface area contributed by atoms with E-state index in [1.807, 2.05) is 0 Å². The molecule has 2 heterocycles. The van der Waals surface area contributed by atoms with Crippen LogP contribution in [0.2, 0.25) is 0 Å². The van der Waals surface area contributed by atoms with E-state index in [1.165, 1.54) is 31.0 Å². The highest BCUT2D eigenvalue weighted by Crippen LogP contribution is 2.16. The minimum absolute atomic E-state index is 0.163. The second-order valence-corrected chi connectivity index (χ2v) is 6.75. The summed E-state index contributed by atoms with van der Waals surface area (Å²) in [5.41, 5.74) is 1.30. The van der Waals surface area contributed by atoms with Gasteiger partial charge in [0.25, 0.3) is 0 Å². The molecule has 1 fully saturated rings. The monoisotopic (exact) mass is 347 g/mol. The van der Waals surface area contributed by atoms with Crippen LogP contribution in [0, 0.1) is 5.82 Å². The quantitative estimate of drug-likeness (QED) is 0.670. The van der Waals surface area contributed by atoms with Crippen molar-refractivity contribution < 1.29 is 9.50 Å². The molecule has 1 aliphatic heterocycles. The van der Waals surface area contributed by atoms with E-state index in [9.17, 15) is 14.3 Å². The van der Waals surface area contributed by atoms with Gasteiger partial charge in [0.2, 0.25) is 0 Å². The summed E-state index contributed by atoms with van der Waals surface area (Å²) in [5, 5.41) is 13.2. The molecule has 1 aromatic carbocycles. The molecule has 2 aromatic rings. The van der Waals surface area contributed by atoms with E-state index in [-0.39, 0.29) is 12.0 Å².